The van der Waals surface area contributed by atoms with Crippen molar-refractivity contribution in [3.63, 3.8) is 0 Å². The van der Waals surface area contributed by atoms with Crippen LogP contribution in [0, 0.1) is 0 Å². The van der Waals surface area contributed by atoms with Gasteiger partial charge in [0.25, 0.3) is 0 Å². The molecule has 0 amide bonds. The Morgan fingerprint density at radius 1 is 1.16 bits per heavy atom. The highest BCUT2D eigenvalue weighted by Crippen LogP contribution is 2.36. The number of nitrogens with one attached hydrogen (secondary N) is 1. The average molecular weight is 306 g/mol. The summed E-state index contributed by atoms with van der Waals surface area (Å²) < 4.78 is 1.41. The molecule has 1 aliphatic rings. The van der Waals surface area contributed by atoms with Gasteiger partial charge in [0.05, 0.1) is 14.9 Å². The highest BCUT2D eigenvalue weighted by atomic mass is 32.2. The Morgan fingerprint density at radius 2 is 2.05 bits per heavy atom. The van der Waals surface area contributed by atoms with Crippen LogP contribution in [0.3, 0.4) is 0 Å². The normalized spacial score (nSPS) is 20.8. The van der Waals surface area contributed by atoms with E-state index in [1.807, 2.05) is 65.2 Å². The van der Waals surface area contributed by atoms with Crippen LogP contribution >= 0.6 is 34.9 Å². The van der Waals surface area contributed by atoms with Crippen LogP contribution in [-0.4, -0.2) is 16.0 Å². The monoisotopic (exact) mass is 306 g/mol. The van der Waals surface area contributed by atoms with Gasteiger partial charge in [-0.1, -0.05) is 24.3 Å². The van der Waals surface area contributed by atoms with E-state index in [9.17, 15) is 0 Å². The minimum Gasteiger partial charge on any atom is -0.278 e. The van der Waals surface area contributed by atoms with Crippen molar-refractivity contribution < 1.29 is 0 Å². The zero-order chi connectivity index (χ0) is 12.9. The molecule has 1 atom stereocenters. The standard InChI is InChI=1S/C14H14N2S3/c1-2-5-11(6-3-1)15-16-13-9-12(10-18-13)19-14-7-4-8-17-14/h1-8,12,15H,9-10H2. The molecule has 2 nitrogen and oxygen atoms in total. The molecule has 0 spiro atoms. The van der Waals surface area contributed by atoms with Crippen molar-refractivity contribution in [2.24, 2.45) is 5.10 Å². The highest BCUT2D eigenvalue weighted by molar-refractivity contribution is 8.15. The summed E-state index contributed by atoms with van der Waals surface area (Å²) in [6, 6.07) is 14.4. The molecule has 1 aromatic heterocycles. The Morgan fingerprint density at radius 3 is 2.84 bits per heavy atom. The number of nitrogens with zero attached hydrogens (tertiary/aromatic N) is 1. The number of hydrogen-bond donors (Lipinski definition) is 1. The average Bonchev–Trinajstić information content (AvgIpc) is 3.10. The number of hydrogen-bond acceptors (Lipinski definition) is 5. The molecule has 0 radical (unpaired) electrons. The fraction of sp³-hybridized carbons (Fsp3) is 0.214. The number of rotatable bonds is 4. The lowest BCUT2D eigenvalue weighted by molar-refractivity contribution is 1.06. The summed E-state index contributed by atoms with van der Waals surface area (Å²) in [6.07, 6.45) is 1.06. The Kier molecular flexibility index (Phi) is 4.48. The lowest BCUT2D eigenvalue weighted by Gasteiger charge is -2.04. The van der Waals surface area contributed by atoms with Crippen molar-refractivity contribution in [3.05, 3.63) is 47.8 Å². The van der Waals surface area contributed by atoms with Crippen LogP contribution in [0.2, 0.25) is 0 Å². The first-order valence-corrected chi connectivity index (χ1v) is 8.85. The second kappa shape index (κ2) is 6.50. The summed E-state index contributed by atoms with van der Waals surface area (Å²) >= 11 is 5.65. The largest absolute Gasteiger partial charge is 0.278 e. The van der Waals surface area contributed by atoms with Gasteiger partial charge in [-0.3, -0.25) is 5.43 Å². The van der Waals surface area contributed by atoms with Crippen LogP contribution in [0.25, 0.3) is 0 Å². The van der Waals surface area contributed by atoms with E-state index in [2.05, 4.69) is 28.0 Å². The third kappa shape index (κ3) is 3.78. The molecule has 1 unspecified atom stereocenters. The van der Waals surface area contributed by atoms with Gasteiger partial charge in [-0.2, -0.15) is 5.10 Å². The Bertz CT molecular complexity index is 537. The van der Waals surface area contributed by atoms with Gasteiger partial charge < -0.3 is 0 Å². The quantitative estimate of drug-likeness (QED) is 0.823. The minimum absolute atomic E-state index is 0.653. The van der Waals surface area contributed by atoms with Crippen LogP contribution in [0.4, 0.5) is 5.69 Å². The predicted octanol–water partition coefficient (Wildman–Crippen LogP) is 4.77. The van der Waals surface area contributed by atoms with E-state index in [1.165, 1.54) is 9.25 Å². The number of benzene rings is 1. The Labute approximate surface area is 125 Å². The number of para-hydroxylation sites is 1. The number of thiophene rings is 1. The molecule has 1 aliphatic heterocycles. The fourth-order valence-electron chi connectivity index (χ4n) is 1.79. The summed E-state index contributed by atoms with van der Waals surface area (Å²) in [5.41, 5.74) is 4.17. The minimum atomic E-state index is 0.653. The molecular weight excluding hydrogens is 292 g/mol. The first-order chi connectivity index (χ1) is 9.40. The molecule has 1 N–H and O–H groups in total. The van der Waals surface area contributed by atoms with Crippen molar-refractivity contribution in [2.75, 3.05) is 11.2 Å². The molecule has 1 fully saturated rings. The van der Waals surface area contributed by atoms with Crippen molar-refractivity contribution >= 4 is 45.6 Å². The molecule has 3 rings (SSSR count). The van der Waals surface area contributed by atoms with Crippen molar-refractivity contribution in [1.82, 2.24) is 0 Å². The molecule has 19 heavy (non-hydrogen) atoms. The van der Waals surface area contributed by atoms with Gasteiger partial charge in [0.2, 0.25) is 0 Å². The lowest BCUT2D eigenvalue weighted by Crippen LogP contribution is -2.00. The van der Waals surface area contributed by atoms with Crippen molar-refractivity contribution in [1.29, 1.82) is 0 Å². The SMILES string of the molecule is c1ccc(NN=C2CC(Sc3cccs3)CS2)cc1. The van der Waals surface area contributed by atoms with E-state index in [1.54, 1.807) is 0 Å². The van der Waals surface area contributed by atoms with Gasteiger partial charge >= 0.3 is 0 Å². The maximum Gasteiger partial charge on any atom is 0.0947 e. The molecule has 5 heteroatoms. The molecule has 98 valence electrons. The van der Waals surface area contributed by atoms with E-state index < -0.39 is 0 Å². The van der Waals surface area contributed by atoms with Gasteiger partial charge in [0, 0.05) is 17.4 Å². The zero-order valence-corrected chi connectivity index (χ0v) is 12.7. The summed E-state index contributed by atoms with van der Waals surface area (Å²) in [4.78, 5) is 0. The molecule has 2 aromatic rings. The van der Waals surface area contributed by atoms with Gasteiger partial charge in [-0.25, -0.2) is 0 Å². The summed E-state index contributed by atoms with van der Waals surface area (Å²) in [6.45, 7) is 0. The highest BCUT2D eigenvalue weighted by Gasteiger charge is 2.22. The number of thioether (sulfide) groups is 2. The smallest absolute Gasteiger partial charge is 0.0947 e. The second-order valence-corrected chi connectivity index (χ2v) is 7.81. The summed E-state index contributed by atoms with van der Waals surface area (Å²) in [5, 5.41) is 8.49. The molecule has 0 saturated carbocycles. The van der Waals surface area contributed by atoms with E-state index in [-0.39, 0.29) is 0 Å². The van der Waals surface area contributed by atoms with Crippen molar-refractivity contribution in [3.8, 4) is 0 Å². The van der Waals surface area contributed by atoms with E-state index >= 15 is 0 Å². The van der Waals surface area contributed by atoms with Crippen molar-refractivity contribution in [2.45, 2.75) is 15.9 Å². The lowest BCUT2D eigenvalue weighted by atomic mass is 10.3. The van der Waals surface area contributed by atoms with Gasteiger partial charge in [0.15, 0.2) is 0 Å². The molecular formula is C14H14N2S3. The summed E-state index contributed by atoms with van der Waals surface area (Å²) in [5.74, 6) is 1.15. The molecule has 1 aromatic carbocycles. The maximum atomic E-state index is 4.49. The van der Waals surface area contributed by atoms with Crippen LogP contribution in [0.1, 0.15) is 6.42 Å². The van der Waals surface area contributed by atoms with Crippen LogP contribution in [0.5, 0.6) is 0 Å². The molecule has 1 saturated heterocycles. The zero-order valence-electron chi connectivity index (χ0n) is 10.3. The fourth-order valence-corrected chi connectivity index (χ4v) is 5.27. The molecule has 0 bridgehead atoms. The third-order valence-electron chi connectivity index (χ3n) is 2.70. The van der Waals surface area contributed by atoms with E-state index in [4.69, 9.17) is 0 Å². The predicted molar refractivity (Wildman–Crippen MR) is 88.5 cm³/mol. The molecule has 0 aliphatic carbocycles. The first-order valence-electron chi connectivity index (χ1n) is 6.11. The number of anilines is 1. The molecule has 2 heterocycles. The van der Waals surface area contributed by atoms with E-state index in [0.29, 0.717) is 5.25 Å². The van der Waals surface area contributed by atoms with Crippen LogP contribution in [0.15, 0.2) is 57.2 Å². The van der Waals surface area contributed by atoms with Crippen LogP contribution < -0.4 is 5.43 Å². The summed E-state index contributed by atoms with van der Waals surface area (Å²) in [7, 11) is 0. The van der Waals surface area contributed by atoms with Gasteiger partial charge in [-0.15, -0.1) is 34.9 Å². The Hall–Kier alpha value is -0.910. The van der Waals surface area contributed by atoms with Crippen LogP contribution in [-0.2, 0) is 0 Å². The Balaban J connectivity index is 1.54. The second-order valence-electron chi connectivity index (χ2n) is 4.17. The van der Waals surface area contributed by atoms with Gasteiger partial charge in [0.1, 0.15) is 0 Å². The number of hydrazone groups is 1. The topological polar surface area (TPSA) is 24.4 Å². The maximum absolute atomic E-state index is 4.49. The van der Waals surface area contributed by atoms with Gasteiger partial charge in [-0.05, 0) is 23.6 Å². The third-order valence-corrected chi connectivity index (χ3v) is 6.34. The first kappa shape index (κ1) is 13.1. The van der Waals surface area contributed by atoms with E-state index in [0.717, 1.165) is 17.9 Å².